The summed E-state index contributed by atoms with van der Waals surface area (Å²) in [6.45, 7) is 6.40. The van der Waals surface area contributed by atoms with Gasteiger partial charge in [0.1, 0.15) is 5.75 Å². The molecule has 4 heteroatoms. The topological polar surface area (TPSA) is 35.5 Å². The van der Waals surface area contributed by atoms with Crippen molar-refractivity contribution in [3.63, 3.8) is 0 Å². The molecular formula is C14H21BrN2O. The van der Waals surface area contributed by atoms with Gasteiger partial charge in [-0.15, -0.1) is 0 Å². The van der Waals surface area contributed by atoms with Crippen molar-refractivity contribution in [2.75, 3.05) is 19.6 Å². The van der Waals surface area contributed by atoms with Gasteiger partial charge in [0.05, 0.1) is 4.47 Å². The molecule has 0 radical (unpaired) electrons. The van der Waals surface area contributed by atoms with Gasteiger partial charge in [-0.1, -0.05) is 19.1 Å². The number of hydrogen-bond acceptors (Lipinski definition) is 3. The number of rotatable bonds is 4. The summed E-state index contributed by atoms with van der Waals surface area (Å²) < 4.78 is 0.764. The lowest BCUT2D eigenvalue weighted by atomic mass is 10.1. The summed E-state index contributed by atoms with van der Waals surface area (Å²) in [7, 11) is 0. The molecule has 1 aliphatic rings. The van der Waals surface area contributed by atoms with Crippen LogP contribution < -0.4 is 5.32 Å². The second kappa shape index (κ2) is 6.55. The van der Waals surface area contributed by atoms with E-state index < -0.39 is 0 Å². The number of piperidine rings is 1. The Morgan fingerprint density at radius 2 is 2.33 bits per heavy atom. The lowest BCUT2D eigenvalue weighted by Crippen LogP contribution is -2.45. The van der Waals surface area contributed by atoms with Crippen LogP contribution in [0, 0.1) is 0 Å². The Morgan fingerprint density at radius 1 is 1.50 bits per heavy atom. The zero-order valence-corrected chi connectivity index (χ0v) is 12.4. The van der Waals surface area contributed by atoms with E-state index in [0.717, 1.165) is 29.7 Å². The molecule has 0 saturated carbocycles. The van der Waals surface area contributed by atoms with Crippen LogP contribution in [0.1, 0.15) is 25.3 Å². The highest BCUT2D eigenvalue weighted by molar-refractivity contribution is 9.10. The Morgan fingerprint density at radius 3 is 3.11 bits per heavy atom. The second-order valence-corrected chi connectivity index (χ2v) is 5.72. The van der Waals surface area contributed by atoms with Gasteiger partial charge in [-0.3, -0.25) is 0 Å². The maximum Gasteiger partial charge on any atom is 0.134 e. The quantitative estimate of drug-likeness (QED) is 0.897. The molecule has 2 rings (SSSR count). The van der Waals surface area contributed by atoms with Gasteiger partial charge in [-0.2, -0.15) is 0 Å². The van der Waals surface area contributed by atoms with Crippen molar-refractivity contribution in [3.8, 4) is 5.75 Å². The number of phenolic OH excluding ortho intramolecular Hbond substituents is 1. The molecule has 1 atom stereocenters. The smallest absolute Gasteiger partial charge is 0.134 e. The zero-order chi connectivity index (χ0) is 13.0. The number of phenols is 1. The van der Waals surface area contributed by atoms with E-state index in [9.17, 15) is 5.11 Å². The highest BCUT2D eigenvalue weighted by atomic mass is 79.9. The van der Waals surface area contributed by atoms with Crippen molar-refractivity contribution in [2.45, 2.75) is 32.4 Å². The summed E-state index contributed by atoms with van der Waals surface area (Å²) in [5, 5.41) is 13.5. The van der Waals surface area contributed by atoms with Crippen LogP contribution in [-0.4, -0.2) is 35.7 Å². The second-order valence-electron chi connectivity index (χ2n) is 4.86. The first-order valence-corrected chi connectivity index (χ1v) is 7.42. The van der Waals surface area contributed by atoms with Crippen LogP contribution in [0.3, 0.4) is 0 Å². The average molecular weight is 313 g/mol. The summed E-state index contributed by atoms with van der Waals surface area (Å²) in [4.78, 5) is 2.47. The Hall–Kier alpha value is -0.580. The highest BCUT2D eigenvalue weighted by Gasteiger charge is 2.18. The van der Waals surface area contributed by atoms with E-state index in [-0.39, 0.29) is 0 Å². The van der Waals surface area contributed by atoms with E-state index in [1.165, 1.54) is 19.4 Å². The van der Waals surface area contributed by atoms with E-state index in [1.807, 2.05) is 18.2 Å². The van der Waals surface area contributed by atoms with Gasteiger partial charge in [0.25, 0.3) is 0 Å². The number of likely N-dealkylation sites (tertiary alicyclic amines) is 1. The molecule has 1 fully saturated rings. The predicted molar refractivity (Wildman–Crippen MR) is 77.8 cm³/mol. The third kappa shape index (κ3) is 3.46. The zero-order valence-electron chi connectivity index (χ0n) is 10.8. The van der Waals surface area contributed by atoms with Crippen molar-refractivity contribution < 1.29 is 5.11 Å². The van der Waals surface area contributed by atoms with Gasteiger partial charge in [0.15, 0.2) is 0 Å². The third-order valence-electron chi connectivity index (χ3n) is 3.60. The highest BCUT2D eigenvalue weighted by Crippen LogP contribution is 2.27. The van der Waals surface area contributed by atoms with Gasteiger partial charge in [-0.25, -0.2) is 0 Å². The van der Waals surface area contributed by atoms with E-state index in [0.29, 0.717) is 11.8 Å². The Kier molecular flexibility index (Phi) is 5.03. The fourth-order valence-corrected chi connectivity index (χ4v) is 2.87. The molecule has 1 unspecified atom stereocenters. The summed E-state index contributed by atoms with van der Waals surface area (Å²) in [5.41, 5.74) is 0.956. The Balaban J connectivity index is 1.89. The molecule has 1 aliphatic heterocycles. The molecule has 1 heterocycles. The first-order valence-electron chi connectivity index (χ1n) is 6.62. The van der Waals surface area contributed by atoms with Crippen molar-refractivity contribution in [3.05, 3.63) is 28.2 Å². The number of aromatic hydroxyl groups is 1. The minimum absolute atomic E-state index is 0.355. The standard InChI is InChI=1S/C14H21BrN2O/c1-2-17-8-4-6-12(10-17)16-9-11-5-3-7-13(15)14(11)18/h3,5,7,12,16,18H,2,4,6,8-10H2,1H3. The van der Waals surface area contributed by atoms with Gasteiger partial charge in [-0.05, 0) is 47.9 Å². The van der Waals surface area contributed by atoms with Gasteiger partial charge in [0.2, 0.25) is 0 Å². The first-order chi connectivity index (χ1) is 8.70. The number of hydrogen-bond donors (Lipinski definition) is 2. The van der Waals surface area contributed by atoms with Gasteiger partial charge < -0.3 is 15.3 Å². The summed E-state index contributed by atoms with van der Waals surface area (Å²) in [6.07, 6.45) is 2.49. The fourth-order valence-electron chi connectivity index (χ4n) is 2.47. The lowest BCUT2D eigenvalue weighted by Gasteiger charge is -2.32. The van der Waals surface area contributed by atoms with Crippen molar-refractivity contribution in [2.24, 2.45) is 0 Å². The van der Waals surface area contributed by atoms with Gasteiger partial charge >= 0.3 is 0 Å². The molecule has 0 spiro atoms. The number of halogens is 1. The average Bonchev–Trinajstić information content (AvgIpc) is 2.41. The normalized spacial score (nSPS) is 21.1. The predicted octanol–water partition coefficient (Wildman–Crippen LogP) is 2.73. The number of para-hydroxylation sites is 1. The molecule has 0 bridgehead atoms. The van der Waals surface area contributed by atoms with Crippen molar-refractivity contribution >= 4 is 15.9 Å². The molecular weight excluding hydrogens is 292 g/mol. The Bertz CT molecular complexity index is 397. The van der Waals surface area contributed by atoms with Crippen LogP contribution in [-0.2, 0) is 6.54 Å². The number of nitrogens with one attached hydrogen (secondary N) is 1. The van der Waals surface area contributed by atoms with Crippen molar-refractivity contribution in [1.82, 2.24) is 10.2 Å². The summed E-state index contributed by atoms with van der Waals surface area (Å²) >= 11 is 3.35. The SMILES string of the molecule is CCN1CCCC(NCc2cccc(Br)c2O)C1. The van der Waals surface area contributed by atoms with Crippen LogP contribution in [0.15, 0.2) is 22.7 Å². The molecule has 1 saturated heterocycles. The maximum atomic E-state index is 9.93. The van der Waals surface area contributed by atoms with Crippen molar-refractivity contribution in [1.29, 1.82) is 0 Å². The molecule has 0 aliphatic carbocycles. The minimum atomic E-state index is 0.355. The molecule has 1 aromatic rings. The Labute approximate surface area is 117 Å². The molecule has 3 nitrogen and oxygen atoms in total. The summed E-state index contributed by atoms with van der Waals surface area (Å²) in [6, 6.07) is 6.32. The van der Waals surface area contributed by atoms with Crippen LogP contribution in [0.5, 0.6) is 5.75 Å². The lowest BCUT2D eigenvalue weighted by molar-refractivity contribution is 0.198. The minimum Gasteiger partial charge on any atom is -0.506 e. The number of nitrogens with zero attached hydrogens (tertiary/aromatic N) is 1. The van der Waals surface area contributed by atoms with E-state index in [2.05, 4.69) is 33.1 Å². The van der Waals surface area contributed by atoms with Crippen LogP contribution in [0.4, 0.5) is 0 Å². The van der Waals surface area contributed by atoms with Crippen LogP contribution >= 0.6 is 15.9 Å². The van der Waals surface area contributed by atoms with Gasteiger partial charge in [0, 0.05) is 24.7 Å². The number of benzene rings is 1. The molecule has 1 aromatic carbocycles. The number of likely N-dealkylation sites (N-methyl/N-ethyl adjacent to an activating group) is 1. The van der Waals surface area contributed by atoms with E-state index in [1.54, 1.807) is 0 Å². The molecule has 100 valence electrons. The maximum absolute atomic E-state index is 9.93. The third-order valence-corrected chi connectivity index (χ3v) is 4.24. The fraction of sp³-hybridized carbons (Fsp3) is 0.571. The largest absolute Gasteiger partial charge is 0.506 e. The van der Waals surface area contributed by atoms with E-state index >= 15 is 0 Å². The summed E-state index contributed by atoms with van der Waals surface area (Å²) in [5.74, 6) is 0.355. The first kappa shape index (κ1) is 13.8. The molecule has 0 amide bonds. The molecule has 2 N–H and O–H groups in total. The van der Waals surface area contributed by atoms with Crippen LogP contribution in [0.25, 0.3) is 0 Å². The molecule has 18 heavy (non-hydrogen) atoms. The monoisotopic (exact) mass is 312 g/mol. The molecule has 0 aromatic heterocycles. The van der Waals surface area contributed by atoms with E-state index in [4.69, 9.17) is 0 Å². The van der Waals surface area contributed by atoms with Crippen LogP contribution in [0.2, 0.25) is 0 Å².